The molecule has 3 unspecified atom stereocenters. The number of fused-ring (bicyclic) bond motifs is 1. The fraction of sp³-hybridized carbons (Fsp3) is 0.633. The summed E-state index contributed by atoms with van der Waals surface area (Å²) >= 11 is 6.75. The van der Waals surface area contributed by atoms with Gasteiger partial charge < -0.3 is 24.2 Å². The molecule has 1 saturated heterocycles. The minimum absolute atomic E-state index is 0.0146. The summed E-state index contributed by atoms with van der Waals surface area (Å²) in [4.78, 5) is 43.5. The van der Waals surface area contributed by atoms with Crippen molar-refractivity contribution in [1.82, 2.24) is 24.6 Å². The number of aromatic nitrogens is 3. The van der Waals surface area contributed by atoms with Crippen LogP contribution < -0.4 is 4.74 Å². The number of halogens is 1. The van der Waals surface area contributed by atoms with Crippen LogP contribution in [0.5, 0.6) is 5.75 Å². The molecule has 220 valence electrons. The van der Waals surface area contributed by atoms with Gasteiger partial charge in [0.2, 0.25) is 11.8 Å². The molecule has 10 nitrogen and oxygen atoms in total. The summed E-state index contributed by atoms with van der Waals surface area (Å²) in [6.07, 6.45) is 5.84. The van der Waals surface area contributed by atoms with E-state index >= 15 is 0 Å². The van der Waals surface area contributed by atoms with E-state index in [4.69, 9.17) is 16.3 Å². The van der Waals surface area contributed by atoms with Gasteiger partial charge in [0.25, 0.3) is 0 Å². The molecule has 3 heterocycles. The van der Waals surface area contributed by atoms with E-state index < -0.39 is 24.0 Å². The highest BCUT2D eigenvalue weighted by molar-refractivity contribution is 6.31. The first-order chi connectivity index (χ1) is 19.7. The summed E-state index contributed by atoms with van der Waals surface area (Å²) in [7, 11) is 0. The van der Waals surface area contributed by atoms with Crippen molar-refractivity contribution in [1.29, 1.82) is 0 Å². The Balaban J connectivity index is 1.39. The lowest BCUT2D eigenvalue weighted by molar-refractivity contribution is -0.157. The van der Waals surface area contributed by atoms with Crippen LogP contribution in [0.15, 0.2) is 12.1 Å². The quantitative estimate of drug-likeness (QED) is 0.485. The highest BCUT2D eigenvalue weighted by Crippen LogP contribution is 2.56. The second-order valence-electron chi connectivity index (χ2n) is 12.2. The van der Waals surface area contributed by atoms with E-state index in [1.54, 1.807) is 4.90 Å². The Kier molecular flexibility index (Phi) is 7.46. The van der Waals surface area contributed by atoms with Gasteiger partial charge in [-0.2, -0.15) is 0 Å². The third kappa shape index (κ3) is 5.08. The molecular weight excluding hydrogens is 546 g/mol. The number of carboxylic acid groups (broad SMARTS) is 1. The molecule has 2 aliphatic carbocycles. The Morgan fingerprint density at radius 3 is 2.61 bits per heavy atom. The minimum atomic E-state index is -0.926. The van der Waals surface area contributed by atoms with E-state index in [9.17, 15) is 19.5 Å². The number of aryl methyl sites for hydroxylation is 1. The molecule has 1 N–H and O–H groups in total. The van der Waals surface area contributed by atoms with Crippen molar-refractivity contribution in [3.8, 4) is 5.75 Å². The van der Waals surface area contributed by atoms with Crippen molar-refractivity contribution in [2.75, 3.05) is 13.1 Å². The van der Waals surface area contributed by atoms with Crippen LogP contribution in [0.2, 0.25) is 5.02 Å². The van der Waals surface area contributed by atoms with Crippen molar-refractivity contribution >= 4 is 29.4 Å². The number of likely N-dealkylation sites (tertiary alicyclic amines) is 1. The monoisotopic (exact) mass is 583 g/mol. The molecule has 2 amide bonds. The van der Waals surface area contributed by atoms with Gasteiger partial charge in [-0.05, 0) is 68.6 Å². The van der Waals surface area contributed by atoms with Crippen molar-refractivity contribution < 1.29 is 24.2 Å². The Hall–Kier alpha value is -3.14. The van der Waals surface area contributed by atoms with Crippen molar-refractivity contribution in [2.24, 2.45) is 17.3 Å². The summed E-state index contributed by atoms with van der Waals surface area (Å²) < 4.78 is 8.45. The van der Waals surface area contributed by atoms with Crippen LogP contribution in [-0.2, 0) is 34.0 Å². The van der Waals surface area contributed by atoms with Crippen LogP contribution in [0.4, 0.5) is 0 Å². The summed E-state index contributed by atoms with van der Waals surface area (Å²) in [6, 6.07) is 3.62. The fourth-order valence-electron chi connectivity index (χ4n) is 7.13. The van der Waals surface area contributed by atoms with Crippen LogP contribution in [0.25, 0.3) is 0 Å². The lowest BCUT2D eigenvalue weighted by Crippen LogP contribution is -2.52. The van der Waals surface area contributed by atoms with Gasteiger partial charge in [-0.3, -0.25) is 14.4 Å². The highest BCUT2D eigenvalue weighted by atomic mass is 35.5. The number of amides is 2. The van der Waals surface area contributed by atoms with Gasteiger partial charge in [-0.15, -0.1) is 10.2 Å². The zero-order chi connectivity index (χ0) is 28.9. The first kappa shape index (κ1) is 28.0. The normalized spacial score (nSPS) is 25.0. The number of nitrogens with zero attached hydrogens (tertiary/aromatic N) is 5. The Morgan fingerprint density at radius 2 is 1.93 bits per heavy atom. The van der Waals surface area contributed by atoms with E-state index in [2.05, 4.69) is 17.1 Å². The summed E-state index contributed by atoms with van der Waals surface area (Å²) in [5.41, 5.74) is 1.57. The Labute approximate surface area is 245 Å². The number of carbonyl (C=O) groups excluding carboxylic acids is 2. The molecule has 3 fully saturated rings. The van der Waals surface area contributed by atoms with Crippen molar-refractivity contribution in [2.45, 2.75) is 91.0 Å². The third-order valence-corrected chi connectivity index (χ3v) is 9.87. The highest BCUT2D eigenvalue weighted by Gasteiger charge is 2.56. The van der Waals surface area contributed by atoms with Gasteiger partial charge in [0, 0.05) is 36.6 Å². The average molecular weight is 584 g/mol. The maximum atomic E-state index is 14.3. The van der Waals surface area contributed by atoms with Crippen LogP contribution in [-0.4, -0.2) is 60.5 Å². The maximum Gasteiger partial charge on any atom is 0.307 e. The molecule has 3 atom stereocenters. The number of benzene rings is 1. The fourth-order valence-corrected chi connectivity index (χ4v) is 7.39. The number of hydrogen-bond acceptors (Lipinski definition) is 6. The second-order valence-corrected chi connectivity index (χ2v) is 12.6. The van der Waals surface area contributed by atoms with E-state index in [0.717, 1.165) is 55.6 Å². The third-order valence-electron chi connectivity index (χ3n) is 9.52. The smallest absolute Gasteiger partial charge is 0.307 e. The molecule has 2 saturated carbocycles. The van der Waals surface area contributed by atoms with E-state index in [0.29, 0.717) is 55.4 Å². The molecule has 0 radical (unpaired) electrons. The molecule has 1 spiro atoms. The first-order valence-electron chi connectivity index (χ1n) is 14.9. The van der Waals surface area contributed by atoms with Crippen LogP contribution in [0, 0.1) is 24.2 Å². The molecule has 1 aromatic carbocycles. The van der Waals surface area contributed by atoms with Crippen LogP contribution in [0.1, 0.15) is 87.2 Å². The van der Waals surface area contributed by atoms with E-state index in [1.165, 1.54) is 0 Å². The summed E-state index contributed by atoms with van der Waals surface area (Å²) in [5, 5.41) is 19.1. The molecule has 4 aliphatic rings. The number of carboxylic acids is 1. The second kappa shape index (κ2) is 10.9. The van der Waals surface area contributed by atoms with Crippen LogP contribution >= 0.6 is 11.6 Å². The Morgan fingerprint density at radius 1 is 1.17 bits per heavy atom. The van der Waals surface area contributed by atoms with Gasteiger partial charge in [0.05, 0.1) is 11.8 Å². The van der Waals surface area contributed by atoms with Crippen molar-refractivity contribution in [3.63, 3.8) is 0 Å². The standard InChI is InChI=1S/C30H38ClN5O5/c1-3-13-34-18(2)32-33-24(34)16-41-23-9-8-22(31)21-10-14-35(28(38)19-6-4-5-7-20(19)29(39)40)27(26(21)23)36-17-30(11-12-30)15-25(36)37/h8-9,19-20,27H,3-7,10-17H2,1-2H3,(H,39,40). The molecule has 2 aromatic rings. The van der Waals surface area contributed by atoms with Gasteiger partial charge in [-0.25, -0.2) is 0 Å². The molecular formula is C30H38ClN5O5. The van der Waals surface area contributed by atoms with E-state index in [1.807, 2.05) is 28.5 Å². The van der Waals surface area contributed by atoms with Crippen LogP contribution in [0.3, 0.4) is 0 Å². The zero-order valence-corrected chi connectivity index (χ0v) is 24.5. The Bertz CT molecular complexity index is 1370. The number of carbonyl (C=O) groups is 3. The molecule has 41 heavy (non-hydrogen) atoms. The van der Waals surface area contributed by atoms with Crippen molar-refractivity contribution in [3.05, 3.63) is 39.9 Å². The van der Waals surface area contributed by atoms with E-state index in [-0.39, 0.29) is 23.8 Å². The van der Waals surface area contributed by atoms with Gasteiger partial charge in [0.1, 0.15) is 24.3 Å². The largest absolute Gasteiger partial charge is 0.485 e. The van der Waals surface area contributed by atoms with Gasteiger partial charge >= 0.3 is 5.97 Å². The lowest BCUT2D eigenvalue weighted by atomic mass is 9.78. The average Bonchev–Trinajstić information content (AvgIpc) is 3.52. The topological polar surface area (TPSA) is 118 Å². The zero-order valence-electron chi connectivity index (χ0n) is 23.8. The minimum Gasteiger partial charge on any atom is -0.485 e. The predicted octanol–water partition coefficient (Wildman–Crippen LogP) is 4.52. The van der Waals surface area contributed by atoms with Gasteiger partial charge in [-0.1, -0.05) is 31.4 Å². The maximum absolute atomic E-state index is 14.3. The first-order valence-corrected chi connectivity index (χ1v) is 15.3. The lowest BCUT2D eigenvalue weighted by Gasteiger charge is -2.45. The predicted molar refractivity (Wildman–Crippen MR) is 150 cm³/mol. The summed E-state index contributed by atoms with van der Waals surface area (Å²) in [6.45, 7) is 5.90. The number of ether oxygens (including phenoxy) is 1. The molecule has 11 heteroatoms. The molecule has 6 rings (SSSR count). The number of aliphatic carboxylic acids is 1. The SMILES string of the molecule is CCCn1c(C)nnc1COc1ccc(Cl)c2c1C(N1CC3(CC3)CC1=O)N(C(=O)C1CCCCC1C(=O)O)CC2. The molecule has 1 aromatic heterocycles. The van der Waals surface area contributed by atoms with Gasteiger partial charge in [0.15, 0.2) is 5.82 Å². The number of hydrogen-bond donors (Lipinski definition) is 1. The molecule has 0 bridgehead atoms. The summed E-state index contributed by atoms with van der Waals surface area (Å²) in [5.74, 6) is -0.363. The number of rotatable bonds is 8. The molecule has 2 aliphatic heterocycles.